The van der Waals surface area contributed by atoms with E-state index in [1.165, 1.54) is 0 Å². The third-order valence-corrected chi connectivity index (χ3v) is 3.04. The Labute approximate surface area is 103 Å². The first-order valence-electron chi connectivity index (χ1n) is 5.49. The Morgan fingerprint density at radius 3 is 2.88 bits per heavy atom. The third-order valence-electron chi connectivity index (χ3n) is 2.93. The first kappa shape index (κ1) is 13.6. The van der Waals surface area contributed by atoms with E-state index in [0.29, 0.717) is 6.04 Å². The summed E-state index contributed by atoms with van der Waals surface area (Å²) in [4.78, 5) is 13.1. The summed E-state index contributed by atoms with van der Waals surface area (Å²) in [5.74, 6) is 5.50. The average Bonchev–Trinajstić information content (AvgIpc) is 2.64. The summed E-state index contributed by atoms with van der Waals surface area (Å²) in [6, 6.07) is 0.407. The Hall–Kier alpha value is -0.500. The molecular formula is C12H19NO2S. The maximum atomic E-state index is 10.8. The number of thiol groups is 1. The van der Waals surface area contributed by atoms with Crippen molar-refractivity contribution in [3.05, 3.63) is 0 Å². The Balaban J connectivity index is 2.74. The van der Waals surface area contributed by atoms with E-state index < -0.39 is 0 Å². The fourth-order valence-electron chi connectivity index (χ4n) is 2.22. The van der Waals surface area contributed by atoms with Crippen molar-refractivity contribution in [1.29, 1.82) is 0 Å². The standard InChI is InChI=1S/C12H19NO2S/c1-12(2,7-6-11(14)16)13-8-4-5-10(13)9-15-3/h10H,4-5,8-9H2,1-3H3,(H,14,16)/t10-/m0/s1. The fraction of sp³-hybridized carbons (Fsp3) is 0.750. The molecule has 1 aliphatic heterocycles. The van der Waals surface area contributed by atoms with E-state index in [-0.39, 0.29) is 10.7 Å². The molecular weight excluding hydrogens is 222 g/mol. The van der Waals surface area contributed by atoms with Crippen LogP contribution in [0.5, 0.6) is 0 Å². The highest BCUT2D eigenvalue weighted by atomic mass is 32.1. The second-order valence-electron chi connectivity index (χ2n) is 4.56. The minimum absolute atomic E-state index is 0.294. The van der Waals surface area contributed by atoms with Crippen LogP contribution in [-0.4, -0.2) is 41.9 Å². The van der Waals surface area contributed by atoms with Crippen molar-refractivity contribution >= 4 is 17.7 Å². The summed E-state index contributed by atoms with van der Waals surface area (Å²) < 4.78 is 5.20. The fourth-order valence-corrected chi connectivity index (χ4v) is 2.27. The normalized spacial score (nSPS) is 21.6. The smallest absolute Gasteiger partial charge is 0.259 e. The van der Waals surface area contributed by atoms with Crippen molar-refractivity contribution < 1.29 is 9.53 Å². The van der Waals surface area contributed by atoms with Gasteiger partial charge in [-0.1, -0.05) is 18.5 Å². The van der Waals surface area contributed by atoms with E-state index >= 15 is 0 Å². The summed E-state index contributed by atoms with van der Waals surface area (Å²) in [5, 5.41) is -0.379. The molecule has 1 saturated heterocycles. The molecule has 0 radical (unpaired) electrons. The number of nitrogens with zero attached hydrogens (tertiary/aromatic N) is 1. The van der Waals surface area contributed by atoms with Gasteiger partial charge in [-0.3, -0.25) is 9.69 Å². The van der Waals surface area contributed by atoms with Crippen LogP contribution in [0.1, 0.15) is 26.7 Å². The maximum absolute atomic E-state index is 10.8. The highest BCUT2D eigenvalue weighted by Gasteiger charge is 2.34. The van der Waals surface area contributed by atoms with E-state index in [1.54, 1.807) is 7.11 Å². The highest BCUT2D eigenvalue weighted by Crippen LogP contribution is 2.26. The predicted molar refractivity (Wildman–Crippen MR) is 67.5 cm³/mol. The second-order valence-corrected chi connectivity index (χ2v) is 4.97. The van der Waals surface area contributed by atoms with Crippen molar-refractivity contribution in [2.24, 2.45) is 0 Å². The zero-order chi connectivity index (χ0) is 12.2. The number of likely N-dealkylation sites (tertiary alicyclic amines) is 1. The Bertz CT molecular complexity index is 317. The van der Waals surface area contributed by atoms with E-state index in [9.17, 15) is 4.79 Å². The van der Waals surface area contributed by atoms with Crippen molar-refractivity contribution in [3.63, 3.8) is 0 Å². The van der Waals surface area contributed by atoms with Gasteiger partial charge in [0.05, 0.1) is 12.1 Å². The second kappa shape index (κ2) is 5.72. The summed E-state index contributed by atoms with van der Waals surface area (Å²) in [5.41, 5.74) is -0.294. The zero-order valence-electron chi connectivity index (χ0n) is 10.1. The molecule has 4 heteroatoms. The van der Waals surface area contributed by atoms with Crippen LogP contribution in [0.15, 0.2) is 0 Å². The molecule has 1 fully saturated rings. The number of carbonyl (C=O) groups excluding carboxylic acids is 1. The number of hydrogen-bond donors (Lipinski definition) is 1. The summed E-state index contributed by atoms with van der Waals surface area (Å²) in [7, 11) is 1.71. The first-order valence-corrected chi connectivity index (χ1v) is 5.94. The van der Waals surface area contributed by atoms with Crippen LogP contribution in [-0.2, 0) is 9.53 Å². The van der Waals surface area contributed by atoms with Crippen molar-refractivity contribution in [2.75, 3.05) is 20.3 Å². The lowest BCUT2D eigenvalue weighted by Crippen LogP contribution is -2.47. The molecule has 0 unspecified atom stereocenters. The molecule has 0 aliphatic carbocycles. The van der Waals surface area contributed by atoms with Crippen LogP contribution >= 0.6 is 12.6 Å². The quantitative estimate of drug-likeness (QED) is 0.597. The zero-order valence-corrected chi connectivity index (χ0v) is 11.0. The third kappa shape index (κ3) is 3.51. The molecule has 0 aromatic heterocycles. The monoisotopic (exact) mass is 241 g/mol. The summed E-state index contributed by atoms with van der Waals surface area (Å²) in [6.45, 7) is 5.80. The number of ether oxygens (including phenoxy) is 1. The van der Waals surface area contributed by atoms with Gasteiger partial charge in [0.15, 0.2) is 0 Å². The summed E-state index contributed by atoms with van der Waals surface area (Å²) in [6.07, 6.45) is 2.29. The van der Waals surface area contributed by atoms with Gasteiger partial charge in [0.2, 0.25) is 0 Å². The molecule has 1 heterocycles. The number of hydrogen-bond acceptors (Lipinski definition) is 3. The average molecular weight is 241 g/mol. The SMILES string of the molecule is COC[C@@H]1CCCN1C(C)(C)C#CC(=O)S. The molecule has 1 rings (SSSR count). The van der Waals surface area contributed by atoms with Crippen LogP contribution in [0, 0.1) is 11.8 Å². The van der Waals surface area contributed by atoms with Crippen LogP contribution in [0.3, 0.4) is 0 Å². The van der Waals surface area contributed by atoms with Crippen LogP contribution in [0.4, 0.5) is 0 Å². The van der Waals surface area contributed by atoms with E-state index in [0.717, 1.165) is 26.0 Å². The Morgan fingerprint density at radius 2 is 2.31 bits per heavy atom. The van der Waals surface area contributed by atoms with Crippen LogP contribution in [0.25, 0.3) is 0 Å². The van der Waals surface area contributed by atoms with Gasteiger partial charge in [-0.25, -0.2) is 0 Å². The Kier molecular flexibility index (Phi) is 4.85. The van der Waals surface area contributed by atoms with Gasteiger partial charge in [0.25, 0.3) is 5.12 Å². The minimum atomic E-state index is -0.379. The summed E-state index contributed by atoms with van der Waals surface area (Å²) >= 11 is 3.66. The Morgan fingerprint density at radius 1 is 1.62 bits per heavy atom. The molecule has 0 N–H and O–H groups in total. The van der Waals surface area contributed by atoms with E-state index in [1.807, 2.05) is 13.8 Å². The predicted octanol–water partition coefficient (Wildman–Crippen LogP) is 1.34. The molecule has 0 bridgehead atoms. The van der Waals surface area contributed by atoms with Gasteiger partial charge in [-0.15, -0.1) is 0 Å². The molecule has 0 saturated carbocycles. The van der Waals surface area contributed by atoms with Crippen LogP contribution in [0.2, 0.25) is 0 Å². The van der Waals surface area contributed by atoms with Gasteiger partial charge in [0, 0.05) is 19.7 Å². The number of carbonyl (C=O) groups is 1. The van der Waals surface area contributed by atoms with Crippen LogP contribution < -0.4 is 0 Å². The molecule has 1 aliphatic rings. The highest BCUT2D eigenvalue weighted by molar-refractivity contribution is 7.97. The van der Waals surface area contributed by atoms with Crippen molar-refractivity contribution in [2.45, 2.75) is 38.3 Å². The largest absolute Gasteiger partial charge is 0.383 e. The van der Waals surface area contributed by atoms with Crippen molar-refractivity contribution in [1.82, 2.24) is 4.90 Å². The van der Waals surface area contributed by atoms with E-state index in [4.69, 9.17) is 4.74 Å². The van der Waals surface area contributed by atoms with Gasteiger partial charge < -0.3 is 4.74 Å². The molecule has 0 aromatic rings. The first-order chi connectivity index (χ1) is 7.47. The topological polar surface area (TPSA) is 29.5 Å². The molecule has 0 amide bonds. The maximum Gasteiger partial charge on any atom is 0.259 e. The van der Waals surface area contributed by atoms with Gasteiger partial charge >= 0.3 is 0 Å². The number of methoxy groups -OCH3 is 1. The number of rotatable bonds is 3. The van der Waals surface area contributed by atoms with E-state index in [2.05, 4.69) is 29.4 Å². The lowest BCUT2D eigenvalue weighted by Gasteiger charge is -2.35. The van der Waals surface area contributed by atoms with Gasteiger partial charge in [0.1, 0.15) is 0 Å². The molecule has 0 spiro atoms. The molecule has 1 atom stereocenters. The lowest BCUT2D eigenvalue weighted by atomic mass is 10.0. The molecule has 3 nitrogen and oxygen atoms in total. The van der Waals surface area contributed by atoms with Gasteiger partial charge in [-0.05, 0) is 32.6 Å². The van der Waals surface area contributed by atoms with Gasteiger partial charge in [-0.2, -0.15) is 0 Å². The molecule has 0 aromatic carbocycles. The molecule has 90 valence electrons. The lowest BCUT2D eigenvalue weighted by molar-refractivity contribution is -0.106. The van der Waals surface area contributed by atoms with Crippen molar-refractivity contribution in [3.8, 4) is 11.8 Å². The molecule has 16 heavy (non-hydrogen) atoms. The minimum Gasteiger partial charge on any atom is -0.383 e.